The highest BCUT2D eigenvalue weighted by Crippen LogP contribution is 2.32. The van der Waals surface area contributed by atoms with Crippen LogP contribution in [0.4, 0.5) is 13.2 Å². The van der Waals surface area contributed by atoms with E-state index in [1.165, 1.54) is 19.2 Å². The van der Waals surface area contributed by atoms with Crippen molar-refractivity contribution in [1.29, 1.82) is 0 Å². The number of carbonyl (C=O) groups excluding carboxylic acids is 1. The van der Waals surface area contributed by atoms with Crippen LogP contribution in [0.2, 0.25) is 0 Å². The zero-order valence-electron chi connectivity index (χ0n) is 14.3. The first-order chi connectivity index (χ1) is 13.1. The zero-order valence-corrected chi connectivity index (χ0v) is 16.7. The number of alkyl halides is 3. The van der Waals surface area contributed by atoms with E-state index in [2.05, 4.69) is 25.0 Å². The molecule has 0 atom stereocenters. The van der Waals surface area contributed by atoms with Crippen LogP contribution in [0.15, 0.2) is 32.3 Å². The van der Waals surface area contributed by atoms with Crippen LogP contribution in [-0.2, 0) is 29.2 Å². The number of hydrogen-bond donors (Lipinski definition) is 0. The number of benzene rings is 1. The Balaban J connectivity index is 2.26. The monoisotopic (exact) mass is 477 g/mol. The third kappa shape index (κ3) is 3.37. The van der Waals surface area contributed by atoms with Gasteiger partial charge in [-0.25, -0.2) is 9.36 Å². The van der Waals surface area contributed by atoms with E-state index in [1.807, 2.05) is 0 Å². The molecule has 0 radical (unpaired) electrons. The number of esters is 1. The van der Waals surface area contributed by atoms with Crippen molar-refractivity contribution < 1.29 is 22.7 Å². The second-order valence-electron chi connectivity index (χ2n) is 5.71. The molecule has 0 spiro atoms. The van der Waals surface area contributed by atoms with Gasteiger partial charge in [-0.2, -0.15) is 17.5 Å². The van der Waals surface area contributed by atoms with Gasteiger partial charge < -0.3 is 4.74 Å². The van der Waals surface area contributed by atoms with E-state index in [0.717, 1.165) is 18.6 Å². The van der Waals surface area contributed by atoms with Crippen LogP contribution >= 0.6 is 27.5 Å². The molecular weight excluding hydrogens is 467 g/mol. The highest BCUT2D eigenvalue weighted by atomic mass is 79.9. The average Bonchev–Trinajstić information content (AvgIpc) is 3.01. The molecule has 3 rings (SSSR count). The molecule has 0 aliphatic heterocycles. The fraction of sp³-hybridized carbons (Fsp3) is 0.250. The SMILES string of the molecule is COC(=O)Cc1nsc2ccc(-n3c(=O)c(Br)c(C(F)(F)F)n(C)c3=O)cc12. The Morgan fingerprint density at radius 2 is 2.00 bits per heavy atom. The Kier molecular flexibility index (Phi) is 5.19. The number of rotatable bonds is 3. The lowest BCUT2D eigenvalue weighted by molar-refractivity contribution is -0.144. The minimum absolute atomic E-state index is 0.0545. The van der Waals surface area contributed by atoms with Crippen LogP contribution < -0.4 is 11.2 Å². The van der Waals surface area contributed by atoms with E-state index in [4.69, 9.17) is 0 Å². The van der Waals surface area contributed by atoms with E-state index < -0.39 is 33.6 Å². The maximum absolute atomic E-state index is 13.2. The summed E-state index contributed by atoms with van der Waals surface area (Å²) in [4.78, 5) is 36.5. The summed E-state index contributed by atoms with van der Waals surface area (Å²) >= 11 is 3.77. The third-order valence-electron chi connectivity index (χ3n) is 4.01. The molecule has 28 heavy (non-hydrogen) atoms. The second-order valence-corrected chi connectivity index (χ2v) is 7.30. The lowest BCUT2D eigenvalue weighted by Crippen LogP contribution is -2.41. The smallest absolute Gasteiger partial charge is 0.432 e. The molecule has 7 nitrogen and oxygen atoms in total. The van der Waals surface area contributed by atoms with Crippen molar-refractivity contribution in [2.45, 2.75) is 12.6 Å². The van der Waals surface area contributed by atoms with Crippen molar-refractivity contribution in [1.82, 2.24) is 13.5 Å². The number of fused-ring (bicyclic) bond motifs is 1. The number of halogens is 4. The topological polar surface area (TPSA) is 83.2 Å². The fourth-order valence-corrected chi connectivity index (χ4v) is 4.12. The van der Waals surface area contributed by atoms with Crippen LogP contribution in [0.5, 0.6) is 0 Å². The molecule has 0 N–H and O–H groups in total. The highest BCUT2D eigenvalue weighted by molar-refractivity contribution is 9.10. The predicted octanol–water partition coefficient (Wildman–Crippen LogP) is 2.64. The molecule has 1 aromatic carbocycles. The van der Waals surface area contributed by atoms with Gasteiger partial charge >= 0.3 is 17.8 Å². The molecule has 0 unspecified atom stereocenters. The van der Waals surface area contributed by atoms with Crippen molar-refractivity contribution in [2.24, 2.45) is 7.05 Å². The molecule has 148 valence electrons. The summed E-state index contributed by atoms with van der Waals surface area (Å²) in [5, 5.41) is 0.498. The molecule has 0 fully saturated rings. The number of aromatic nitrogens is 3. The van der Waals surface area contributed by atoms with Gasteiger partial charge in [-0.3, -0.25) is 14.2 Å². The molecule has 0 saturated carbocycles. The molecule has 2 aromatic heterocycles. The van der Waals surface area contributed by atoms with Crippen molar-refractivity contribution in [2.75, 3.05) is 7.11 Å². The predicted molar refractivity (Wildman–Crippen MR) is 98.9 cm³/mol. The van der Waals surface area contributed by atoms with E-state index in [0.29, 0.717) is 24.9 Å². The van der Waals surface area contributed by atoms with Crippen LogP contribution in [0.3, 0.4) is 0 Å². The average molecular weight is 478 g/mol. The highest BCUT2D eigenvalue weighted by Gasteiger charge is 2.38. The zero-order chi connectivity index (χ0) is 20.8. The van der Waals surface area contributed by atoms with Gasteiger partial charge in [-0.1, -0.05) is 0 Å². The van der Waals surface area contributed by atoms with Crippen LogP contribution in [0.25, 0.3) is 15.8 Å². The molecule has 0 bridgehead atoms. The van der Waals surface area contributed by atoms with Crippen molar-refractivity contribution in [3.05, 3.63) is 54.9 Å². The van der Waals surface area contributed by atoms with Gasteiger partial charge in [0.25, 0.3) is 5.56 Å². The Bertz CT molecular complexity index is 1180. The summed E-state index contributed by atoms with van der Waals surface area (Å²) in [6.45, 7) is 0. The second kappa shape index (κ2) is 7.17. The first-order valence-corrected chi connectivity index (χ1v) is 9.17. The summed E-state index contributed by atoms with van der Waals surface area (Å²) < 4.78 is 49.2. The fourth-order valence-electron chi connectivity index (χ4n) is 2.67. The molecule has 3 aromatic rings. The standard InChI is InChI=1S/C16H11BrF3N3O4S/c1-22-13(16(18,19)20)12(17)14(25)23(15(22)26)7-3-4-10-8(5-7)9(21-28-10)6-11(24)27-2/h3-5H,6H2,1-2H3. The van der Waals surface area contributed by atoms with E-state index in [-0.39, 0.29) is 12.1 Å². The lowest BCUT2D eigenvalue weighted by atomic mass is 10.1. The van der Waals surface area contributed by atoms with Gasteiger partial charge in [0, 0.05) is 12.4 Å². The summed E-state index contributed by atoms with van der Waals surface area (Å²) in [5.41, 5.74) is -3.24. The van der Waals surface area contributed by atoms with Crippen LogP contribution in [0, 0.1) is 0 Å². The minimum Gasteiger partial charge on any atom is -0.469 e. The largest absolute Gasteiger partial charge is 0.469 e. The van der Waals surface area contributed by atoms with Crippen molar-refractivity contribution in [3.63, 3.8) is 0 Å². The molecule has 12 heteroatoms. The Hall–Kier alpha value is -2.47. The first kappa shape index (κ1) is 20.3. The number of carbonyl (C=O) groups is 1. The summed E-state index contributed by atoms with van der Waals surface area (Å²) in [6.07, 6.45) is -5.01. The van der Waals surface area contributed by atoms with Gasteiger partial charge in [0.1, 0.15) is 10.2 Å². The quantitative estimate of drug-likeness (QED) is 0.541. The van der Waals surface area contributed by atoms with Gasteiger partial charge in [-0.15, -0.1) is 0 Å². The molecular formula is C16H11BrF3N3O4S. The van der Waals surface area contributed by atoms with Crippen LogP contribution in [0.1, 0.15) is 11.4 Å². The first-order valence-electron chi connectivity index (χ1n) is 7.60. The summed E-state index contributed by atoms with van der Waals surface area (Å²) in [7, 11) is 2.16. The number of hydrogen-bond acceptors (Lipinski definition) is 6. The molecule has 2 heterocycles. The minimum atomic E-state index is -4.89. The van der Waals surface area contributed by atoms with E-state index in [1.54, 1.807) is 6.07 Å². The maximum Gasteiger partial charge on any atom is 0.432 e. The van der Waals surface area contributed by atoms with Gasteiger partial charge in [0.15, 0.2) is 0 Å². The van der Waals surface area contributed by atoms with Gasteiger partial charge in [-0.05, 0) is 45.7 Å². The van der Waals surface area contributed by atoms with Crippen LogP contribution in [-0.4, -0.2) is 26.6 Å². The van der Waals surface area contributed by atoms with E-state index in [9.17, 15) is 27.6 Å². The number of ether oxygens (including phenoxy) is 1. The lowest BCUT2D eigenvalue weighted by Gasteiger charge is -2.16. The van der Waals surface area contributed by atoms with E-state index >= 15 is 0 Å². The Labute approximate surface area is 167 Å². The normalized spacial score (nSPS) is 11.8. The molecule has 0 aliphatic rings. The van der Waals surface area contributed by atoms with Crippen molar-refractivity contribution >= 4 is 43.5 Å². The molecule has 0 saturated heterocycles. The Morgan fingerprint density at radius 3 is 2.61 bits per heavy atom. The summed E-state index contributed by atoms with van der Waals surface area (Å²) in [6, 6.07) is 4.42. The summed E-state index contributed by atoms with van der Waals surface area (Å²) in [5.74, 6) is -0.525. The maximum atomic E-state index is 13.2. The Morgan fingerprint density at radius 1 is 1.32 bits per heavy atom. The number of nitrogens with zero attached hydrogens (tertiary/aromatic N) is 3. The van der Waals surface area contributed by atoms with Gasteiger partial charge in [0.05, 0.1) is 29.6 Å². The third-order valence-corrected chi connectivity index (χ3v) is 5.59. The van der Waals surface area contributed by atoms with Gasteiger partial charge in [0.2, 0.25) is 0 Å². The molecule has 0 amide bonds. The number of methoxy groups -OCH3 is 1. The van der Waals surface area contributed by atoms with Crippen molar-refractivity contribution in [3.8, 4) is 5.69 Å². The molecule has 0 aliphatic carbocycles.